The van der Waals surface area contributed by atoms with Crippen molar-refractivity contribution in [3.63, 3.8) is 0 Å². The van der Waals surface area contributed by atoms with Crippen LogP contribution in [0.5, 0.6) is 5.75 Å². The van der Waals surface area contributed by atoms with E-state index < -0.39 is 0 Å². The lowest BCUT2D eigenvalue weighted by atomic mass is 10.0. The molecule has 0 aliphatic carbocycles. The Hall–Kier alpha value is -3.30. The van der Waals surface area contributed by atoms with Crippen LogP contribution in [0.3, 0.4) is 0 Å². The molecule has 3 aromatic rings. The highest BCUT2D eigenvalue weighted by atomic mass is 16.5. The number of ether oxygens (including phenoxy) is 2. The zero-order valence-corrected chi connectivity index (χ0v) is 15.7. The maximum atomic E-state index is 9.58. The number of aromatic nitrogens is 1. The third-order valence-corrected chi connectivity index (χ3v) is 4.96. The largest absolute Gasteiger partial charge is 0.486 e. The van der Waals surface area contributed by atoms with Gasteiger partial charge in [0.25, 0.3) is 0 Å². The summed E-state index contributed by atoms with van der Waals surface area (Å²) in [6, 6.07) is 16.0. The van der Waals surface area contributed by atoms with Crippen LogP contribution < -0.4 is 15.8 Å². The Bertz CT molecular complexity index is 1020. The van der Waals surface area contributed by atoms with E-state index in [0.29, 0.717) is 30.2 Å². The highest BCUT2D eigenvalue weighted by Crippen LogP contribution is 2.35. The second-order valence-corrected chi connectivity index (χ2v) is 6.95. The lowest BCUT2D eigenvalue weighted by Gasteiger charge is -2.20. The van der Waals surface area contributed by atoms with Crippen LogP contribution in [0, 0.1) is 11.3 Å². The van der Waals surface area contributed by atoms with Crippen LogP contribution in [0.25, 0.3) is 10.9 Å². The molecule has 2 heterocycles. The Kier molecular flexibility index (Phi) is 5.00. The molecule has 28 heavy (non-hydrogen) atoms. The smallest absolute Gasteiger partial charge is 0.144 e. The third kappa shape index (κ3) is 3.57. The fourth-order valence-electron chi connectivity index (χ4n) is 3.41. The van der Waals surface area contributed by atoms with E-state index in [1.165, 1.54) is 0 Å². The molecule has 3 N–H and O–H groups in total. The van der Waals surface area contributed by atoms with Crippen molar-refractivity contribution in [3.05, 3.63) is 59.8 Å². The molecule has 4 rings (SSSR count). The van der Waals surface area contributed by atoms with Crippen molar-refractivity contribution in [2.45, 2.75) is 25.5 Å². The van der Waals surface area contributed by atoms with E-state index in [1.54, 1.807) is 6.20 Å². The number of benzene rings is 2. The van der Waals surface area contributed by atoms with Gasteiger partial charge < -0.3 is 20.5 Å². The van der Waals surface area contributed by atoms with Gasteiger partial charge in [-0.2, -0.15) is 5.26 Å². The number of nitrogens with one attached hydrogen (secondary N) is 1. The summed E-state index contributed by atoms with van der Waals surface area (Å²) in [6.07, 6.45) is 2.44. The van der Waals surface area contributed by atoms with Gasteiger partial charge in [0.2, 0.25) is 0 Å². The summed E-state index contributed by atoms with van der Waals surface area (Å²) in [5.74, 6) is 0.599. The van der Waals surface area contributed by atoms with Crippen molar-refractivity contribution >= 4 is 22.3 Å². The molecule has 0 radical (unpaired) electrons. The number of rotatable bonds is 5. The van der Waals surface area contributed by atoms with Crippen LogP contribution in [0.15, 0.2) is 48.7 Å². The molecule has 6 nitrogen and oxygen atoms in total. The van der Waals surface area contributed by atoms with Crippen molar-refractivity contribution < 1.29 is 9.47 Å². The molecule has 2 aromatic carbocycles. The summed E-state index contributed by atoms with van der Waals surface area (Å²) >= 11 is 0. The van der Waals surface area contributed by atoms with E-state index in [0.717, 1.165) is 28.6 Å². The first-order valence-corrected chi connectivity index (χ1v) is 9.34. The monoisotopic (exact) mass is 374 g/mol. The lowest BCUT2D eigenvalue weighted by Crippen LogP contribution is -2.16. The van der Waals surface area contributed by atoms with Gasteiger partial charge in [0.15, 0.2) is 0 Å². The predicted molar refractivity (Wildman–Crippen MR) is 109 cm³/mol. The number of nitrogens with two attached hydrogens (primary N) is 1. The molecule has 0 amide bonds. The number of nitrogen functional groups attached to an aromatic ring is 1. The zero-order chi connectivity index (χ0) is 19.5. The van der Waals surface area contributed by atoms with E-state index >= 15 is 0 Å². The minimum Gasteiger partial charge on any atom is -0.486 e. The van der Waals surface area contributed by atoms with Gasteiger partial charge in [-0.15, -0.1) is 0 Å². The molecule has 1 aliphatic heterocycles. The minimum absolute atomic E-state index is 0.00818. The number of pyridine rings is 1. The Morgan fingerprint density at radius 3 is 2.86 bits per heavy atom. The number of hydrogen-bond donors (Lipinski definition) is 2. The van der Waals surface area contributed by atoms with Gasteiger partial charge in [0.05, 0.1) is 35.7 Å². The molecule has 1 saturated heterocycles. The van der Waals surface area contributed by atoms with Gasteiger partial charge >= 0.3 is 0 Å². The predicted octanol–water partition coefficient (Wildman–Crippen LogP) is 4.03. The topological polar surface area (TPSA) is 93.2 Å². The van der Waals surface area contributed by atoms with Gasteiger partial charge in [0, 0.05) is 30.1 Å². The van der Waals surface area contributed by atoms with Crippen molar-refractivity contribution in [3.8, 4) is 11.8 Å². The van der Waals surface area contributed by atoms with E-state index in [4.69, 9.17) is 15.2 Å². The summed E-state index contributed by atoms with van der Waals surface area (Å²) < 4.78 is 11.3. The molecule has 2 atom stereocenters. The summed E-state index contributed by atoms with van der Waals surface area (Å²) in [4.78, 5) is 4.44. The van der Waals surface area contributed by atoms with Gasteiger partial charge in [-0.1, -0.05) is 30.3 Å². The van der Waals surface area contributed by atoms with E-state index in [2.05, 4.69) is 35.4 Å². The van der Waals surface area contributed by atoms with E-state index in [1.807, 2.05) is 30.3 Å². The second-order valence-electron chi connectivity index (χ2n) is 6.95. The summed E-state index contributed by atoms with van der Waals surface area (Å²) in [6.45, 7) is 3.33. The van der Waals surface area contributed by atoms with Gasteiger partial charge in [-0.05, 0) is 18.6 Å². The Labute approximate surface area is 163 Å². The highest BCUT2D eigenvalue weighted by Gasteiger charge is 2.20. The third-order valence-electron chi connectivity index (χ3n) is 4.96. The van der Waals surface area contributed by atoms with Crippen molar-refractivity contribution in [2.24, 2.45) is 0 Å². The zero-order valence-electron chi connectivity index (χ0n) is 15.7. The van der Waals surface area contributed by atoms with Crippen LogP contribution in [0.1, 0.15) is 30.5 Å². The standard InChI is InChI=1S/C22H22N4O2/c1-14(15-5-3-2-4-6-15)26-22-16(11-23)12-25-20-10-21(19(24)9-18(20)22)28-17-7-8-27-13-17/h2-6,9-10,12,14,17H,7-8,13,24H2,1H3,(H,25,26)/t14-,17?/m0/s1. The van der Waals surface area contributed by atoms with E-state index in [9.17, 15) is 5.26 Å². The Balaban J connectivity index is 1.72. The maximum absolute atomic E-state index is 9.58. The summed E-state index contributed by atoms with van der Waals surface area (Å²) in [5, 5.41) is 13.8. The molecule has 0 saturated carbocycles. The van der Waals surface area contributed by atoms with Crippen LogP contribution in [-0.4, -0.2) is 24.3 Å². The fourth-order valence-corrected chi connectivity index (χ4v) is 3.41. The maximum Gasteiger partial charge on any atom is 0.144 e. The van der Waals surface area contributed by atoms with E-state index in [-0.39, 0.29) is 12.1 Å². The average molecular weight is 374 g/mol. The van der Waals surface area contributed by atoms with Gasteiger partial charge in [0.1, 0.15) is 17.9 Å². The van der Waals surface area contributed by atoms with Crippen molar-refractivity contribution in [1.82, 2.24) is 4.98 Å². The molecule has 1 unspecified atom stereocenters. The van der Waals surface area contributed by atoms with Gasteiger partial charge in [-0.25, -0.2) is 0 Å². The second kappa shape index (κ2) is 7.75. The number of hydrogen-bond acceptors (Lipinski definition) is 6. The highest BCUT2D eigenvalue weighted by molar-refractivity contribution is 5.97. The first-order valence-electron chi connectivity index (χ1n) is 9.34. The van der Waals surface area contributed by atoms with Crippen molar-refractivity contribution in [2.75, 3.05) is 24.3 Å². The molecular weight excluding hydrogens is 352 g/mol. The first kappa shape index (κ1) is 18.1. The minimum atomic E-state index is 0.00818. The molecule has 1 aromatic heterocycles. The molecule has 6 heteroatoms. The molecule has 0 bridgehead atoms. The van der Waals surface area contributed by atoms with Crippen LogP contribution in [-0.2, 0) is 4.74 Å². The average Bonchev–Trinajstić information content (AvgIpc) is 3.23. The quantitative estimate of drug-likeness (QED) is 0.655. The normalized spacial score (nSPS) is 17.2. The van der Waals surface area contributed by atoms with Crippen LogP contribution in [0.4, 0.5) is 11.4 Å². The molecular formula is C22H22N4O2. The Morgan fingerprint density at radius 2 is 2.14 bits per heavy atom. The fraction of sp³-hybridized carbons (Fsp3) is 0.273. The number of nitriles is 1. The summed E-state index contributed by atoms with van der Waals surface area (Å²) in [7, 11) is 0. The van der Waals surface area contributed by atoms with Crippen LogP contribution in [0.2, 0.25) is 0 Å². The number of nitrogens with zero attached hydrogens (tertiary/aromatic N) is 2. The molecule has 1 fully saturated rings. The van der Waals surface area contributed by atoms with Crippen molar-refractivity contribution in [1.29, 1.82) is 5.26 Å². The number of fused-ring (bicyclic) bond motifs is 1. The molecule has 0 spiro atoms. The summed E-state index contributed by atoms with van der Waals surface area (Å²) in [5.41, 5.74) is 9.85. The SMILES string of the molecule is C[C@H](Nc1c(C#N)cnc2cc(OC3CCOC3)c(N)cc12)c1ccccc1. The lowest BCUT2D eigenvalue weighted by molar-refractivity contribution is 0.142. The molecule has 142 valence electrons. The Morgan fingerprint density at radius 1 is 1.32 bits per heavy atom. The van der Waals surface area contributed by atoms with Crippen LogP contribution >= 0.6 is 0 Å². The van der Waals surface area contributed by atoms with Gasteiger partial charge in [-0.3, -0.25) is 4.98 Å². The molecule has 1 aliphatic rings. The first-order chi connectivity index (χ1) is 13.7. The number of anilines is 2.